The van der Waals surface area contributed by atoms with Gasteiger partial charge >= 0.3 is 0 Å². The molecule has 1 aromatic rings. The fraction of sp³-hybridized carbons (Fsp3) is 0.583. The maximum absolute atomic E-state index is 10.6. The van der Waals surface area contributed by atoms with Crippen molar-refractivity contribution in [3.63, 3.8) is 0 Å². The van der Waals surface area contributed by atoms with E-state index in [2.05, 4.69) is 17.2 Å². The number of rotatable bonds is 8. The highest BCUT2D eigenvalue weighted by Gasteiger charge is 2.10. The van der Waals surface area contributed by atoms with Crippen molar-refractivity contribution in [2.45, 2.75) is 26.7 Å². The third-order valence-electron chi connectivity index (χ3n) is 2.40. The molecule has 1 heterocycles. The Morgan fingerprint density at radius 1 is 1.50 bits per heavy atom. The number of pyridine rings is 1. The molecule has 0 unspecified atom stereocenters. The van der Waals surface area contributed by atoms with Gasteiger partial charge < -0.3 is 10.1 Å². The van der Waals surface area contributed by atoms with Crippen LogP contribution in [-0.2, 0) is 4.74 Å². The van der Waals surface area contributed by atoms with Gasteiger partial charge in [-0.05, 0) is 25.8 Å². The molecule has 1 N–H and O–H groups in total. The Kier molecular flexibility index (Phi) is 6.07. The molecule has 0 saturated carbocycles. The molecule has 1 rings (SSSR count). The number of ether oxygens (including phenoxy) is 1. The molecule has 0 radical (unpaired) electrons. The van der Waals surface area contributed by atoms with Crippen LogP contribution in [0.5, 0.6) is 0 Å². The summed E-state index contributed by atoms with van der Waals surface area (Å²) in [5, 5.41) is 13.7. The number of aromatic nitrogens is 1. The van der Waals surface area contributed by atoms with E-state index in [1.54, 1.807) is 13.0 Å². The molecule has 0 saturated heterocycles. The summed E-state index contributed by atoms with van der Waals surface area (Å²) in [7, 11) is 0. The molecule has 0 spiro atoms. The van der Waals surface area contributed by atoms with Crippen molar-refractivity contribution >= 4 is 11.5 Å². The van der Waals surface area contributed by atoms with Gasteiger partial charge in [-0.3, -0.25) is 10.1 Å². The van der Waals surface area contributed by atoms with E-state index in [9.17, 15) is 10.1 Å². The minimum Gasteiger partial charge on any atom is -0.381 e. The normalized spacial score (nSPS) is 10.3. The first-order valence-electron chi connectivity index (χ1n) is 6.07. The highest BCUT2D eigenvalue weighted by atomic mass is 16.6. The second kappa shape index (κ2) is 7.60. The summed E-state index contributed by atoms with van der Waals surface area (Å²) in [6.07, 6.45) is 3.19. The topological polar surface area (TPSA) is 77.3 Å². The highest BCUT2D eigenvalue weighted by molar-refractivity contribution is 5.46. The Labute approximate surface area is 107 Å². The van der Waals surface area contributed by atoms with E-state index in [1.807, 2.05) is 0 Å². The molecule has 0 bridgehead atoms. The molecule has 0 aliphatic rings. The number of aryl methyl sites for hydroxylation is 1. The predicted octanol–water partition coefficient (Wildman–Crippen LogP) is 2.53. The zero-order chi connectivity index (χ0) is 13.4. The Hall–Kier alpha value is -1.69. The smallest absolute Gasteiger partial charge is 0.290 e. The summed E-state index contributed by atoms with van der Waals surface area (Å²) in [5.41, 5.74) is 0.659. The molecule has 6 heteroatoms. The Morgan fingerprint density at radius 2 is 2.28 bits per heavy atom. The lowest BCUT2D eigenvalue weighted by molar-refractivity contribution is -0.385. The fourth-order valence-electron chi connectivity index (χ4n) is 1.47. The summed E-state index contributed by atoms with van der Waals surface area (Å²) < 4.78 is 5.35. The second-order valence-electron chi connectivity index (χ2n) is 4.01. The van der Waals surface area contributed by atoms with Crippen LogP contribution in [0.3, 0.4) is 0 Å². The summed E-state index contributed by atoms with van der Waals surface area (Å²) in [6.45, 7) is 6.02. The molecule has 6 nitrogen and oxygen atoms in total. The average Bonchev–Trinajstić information content (AvgIpc) is 2.33. The Bertz CT molecular complexity index is 396. The third kappa shape index (κ3) is 4.67. The van der Waals surface area contributed by atoms with Gasteiger partial charge in [0.2, 0.25) is 0 Å². The molecule has 18 heavy (non-hydrogen) atoms. The zero-order valence-corrected chi connectivity index (χ0v) is 10.8. The summed E-state index contributed by atoms with van der Waals surface area (Å²) in [6, 6.07) is 1.69. The van der Waals surface area contributed by atoms with Crippen LogP contribution < -0.4 is 5.32 Å². The van der Waals surface area contributed by atoms with Crippen molar-refractivity contribution in [1.29, 1.82) is 0 Å². The van der Waals surface area contributed by atoms with Crippen molar-refractivity contribution in [3.05, 3.63) is 27.9 Å². The molecule has 0 fully saturated rings. The lowest BCUT2D eigenvalue weighted by Crippen LogP contribution is -2.07. The van der Waals surface area contributed by atoms with Gasteiger partial charge in [-0.2, -0.15) is 0 Å². The first-order valence-corrected chi connectivity index (χ1v) is 6.07. The van der Waals surface area contributed by atoms with E-state index in [1.165, 1.54) is 6.20 Å². The van der Waals surface area contributed by atoms with E-state index >= 15 is 0 Å². The lowest BCUT2D eigenvalue weighted by atomic mass is 10.2. The minimum atomic E-state index is -0.426. The van der Waals surface area contributed by atoms with Crippen LogP contribution in [-0.4, -0.2) is 29.7 Å². The van der Waals surface area contributed by atoms with E-state index in [4.69, 9.17) is 4.74 Å². The van der Waals surface area contributed by atoms with Gasteiger partial charge in [0.15, 0.2) is 0 Å². The first-order chi connectivity index (χ1) is 8.65. The third-order valence-corrected chi connectivity index (χ3v) is 2.40. The Balaban J connectivity index is 2.35. The maximum atomic E-state index is 10.6. The van der Waals surface area contributed by atoms with E-state index < -0.39 is 4.92 Å². The number of nitrogens with zero attached hydrogens (tertiary/aromatic N) is 2. The van der Waals surface area contributed by atoms with Crippen molar-refractivity contribution in [2.75, 3.05) is 25.1 Å². The van der Waals surface area contributed by atoms with Crippen LogP contribution in [0, 0.1) is 17.0 Å². The van der Waals surface area contributed by atoms with Crippen LogP contribution in [0.25, 0.3) is 0 Å². The standard InChI is InChI=1S/C12H19N3O3/c1-3-6-18-7-4-5-13-12-8-10(2)11(9-14-12)15(16)17/h8-9H,3-7H2,1-2H3,(H,13,14). The van der Waals surface area contributed by atoms with Gasteiger partial charge in [0.1, 0.15) is 12.0 Å². The molecular formula is C12H19N3O3. The van der Waals surface area contributed by atoms with Crippen molar-refractivity contribution in [1.82, 2.24) is 4.98 Å². The molecule has 0 amide bonds. The fourth-order valence-corrected chi connectivity index (χ4v) is 1.47. The van der Waals surface area contributed by atoms with Crippen LogP contribution in [0.2, 0.25) is 0 Å². The van der Waals surface area contributed by atoms with Crippen LogP contribution in [0.15, 0.2) is 12.3 Å². The van der Waals surface area contributed by atoms with Crippen molar-refractivity contribution in [2.24, 2.45) is 0 Å². The molecule has 0 atom stereocenters. The van der Waals surface area contributed by atoms with Gasteiger partial charge in [0, 0.05) is 25.3 Å². The van der Waals surface area contributed by atoms with Crippen molar-refractivity contribution in [3.8, 4) is 0 Å². The second-order valence-corrected chi connectivity index (χ2v) is 4.01. The molecule has 0 aliphatic heterocycles. The largest absolute Gasteiger partial charge is 0.381 e. The number of nitrogens with one attached hydrogen (secondary N) is 1. The summed E-state index contributed by atoms with van der Waals surface area (Å²) in [5.74, 6) is 0.661. The molecule has 0 aliphatic carbocycles. The van der Waals surface area contributed by atoms with Gasteiger partial charge in [0.05, 0.1) is 4.92 Å². The van der Waals surface area contributed by atoms with Crippen LogP contribution in [0.1, 0.15) is 25.3 Å². The molecule has 1 aromatic heterocycles. The number of hydrogen-bond acceptors (Lipinski definition) is 5. The van der Waals surface area contributed by atoms with Gasteiger partial charge in [-0.15, -0.1) is 0 Å². The summed E-state index contributed by atoms with van der Waals surface area (Å²) in [4.78, 5) is 14.2. The van der Waals surface area contributed by atoms with E-state index in [0.29, 0.717) is 18.0 Å². The maximum Gasteiger partial charge on any atom is 0.290 e. The summed E-state index contributed by atoms with van der Waals surface area (Å²) >= 11 is 0. The van der Waals surface area contributed by atoms with Crippen LogP contribution >= 0.6 is 0 Å². The van der Waals surface area contributed by atoms with Crippen LogP contribution in [0.4, 0.5) is 11.5 Å². The minimum absolute atomic E-state index is 0.0480. The monoisotopic (exact) mass is 253 g/mol. The van der Waals surface area contributed by atoms with Crippen molar-refractivity contribution < 1.29 is 9.66 Å². The average molecular weight is 253 g/mol. The number of nitro groups is 1. The van der Waals surface area contributed by atoms with E-state index in [0.717, 1.165) is 26.0 Å². The number of anilines is 1. The zero-order valence-electron chi connectivity index (χ0n) is 10.8. The molecule has 0 aromatic carbocycles. The highest BCUT2D eigenvalue weighted by Crippen LogP contribution is 2.18. The first kappa shape index (κ1) is 14.4. The molecule has 100 valence electrons. The molecular weight excluding hydrogens is 234 g/mol. The number of hydrogen-bond donors (Lipinski definition) is 1. The predicted molar refractivity (Wildman–Crippen MR) is 69.8 cm³/mol. The van der Waals surface area contributed by atoms with Gasteiger partial charge in [-0.25, -0.2) is 4.98 Å². The SMILES string of the molecule is CCCOCCCNc1cc(C)c([N+](=O)[O-])cn1. The van der Waals surface area contributed by atoms with E-state index in [-0.39, 0.29) is 5.69 Å². The lowest BCUT2D eigenvalue weighted by Gasteiger charge is -2.06. The van der Waals surface area contributed by atoms with Gasteiger partial charge in [-0.1, -0.05) is 6.92 Å². The Morgan fingerprint density at radius 3 is 2.89 bits per heavy atom. The quantitative estimate of drug-likeness (QED) is 0.437. The van der Waals surface area contributed by atoms with Gasteiger partial charge in [0.25, 0.3) is 5.69 Å².